The summed E-state index contributed by atoms with van der Waals surface area (Å²) in [5, 5.41) is 17.5. The van der Waals surface area contributed by atoms with Gasteiger partial charge in [-0.1, -0.05) is 17.3 Å². The van der Waals surface area contributed by atoms with Crippen molar-refractivity contribution in [3.8, 4) is 11.3 Å². The van der Waals surface area contributed by atoms with Crippen molar-refractivity contribution in [1.29, 1.82) is 0 Å². The number of rotatable bonds is 7. The molecule has 9 heteroatoms. The second kappa shape index (κ2) is 7.39. The maximum absolute atomic E-state index is 12.1. The van der Waals surface area contributed by atoms with Crippen LogP contribution in [-0.2, 0) is 6.54 Å². The van der Waals surface area contributed by atoms with Gasteiger partial charge in [-0.15, -0.1) is 0 Å². The largest absolute Gasteiger partial charge is 0.355 e. The molecule has 9 nitrogen and oxygen atoms in total. The van der Waals surface area contributed by atoms with Crippen LogP contribution in [0.2, 0.25) is 0 Å². The van der Waals surface area contributed by atoms with Crippen molar-refractivity contribution in [2.45, 2.75) is 13.0 Å². The molecular weight excluding hydrogens is 326 g/mol. The Balaban J connectivity index is 1.61. The first-order valence-corrected chi connectivity index (χ1v) is 7.59. The molecule has 0 bridgehead atoms. The van der Waals surface area contributed by atoms with Crippen LogP contribution in [0.5, 0.6) is 0 Å². The summed E-state index contributed by atoms with van der Waals surface area (Å²) in [6, 6.07) is 7.53. The van der Waals surface area contributed by atoms with Gasteiger partial charge in [0, 0.05) is 37.6 Å². The molecule has 0 saturated carbocycles. The number of nitrogens with one attached hydrogen (secondary N) is 1. The molecule has 0 atom stereocenters. The van der Waals surface area contributed by atoms with E-state index in [0.29, 0.717) is 6.54 Å². The molecule has 0 aliphatic carbocycles. The van der Waals surface area contributed by atoms with Gasteiger partial charge < -0.3 is 14.4 Å². The lowest BCUT2D eigenvalue weighted by molar-refractivity contribution is -0.384. The van der Waals surface area contributed by atoms with Crippen molar-refractivity contribution in [2.24, 2.45) is 0 Å². The normalized spacial score (nSPS) is 10.6. The lowest BCUT2D eigenvalue weighted by Gasteiger charge is -2.03. The fourth-order valence-electron chi connectivity index (χ4n) is 2.32. The van der Waals surface area contributed by atoms with Crippen molar-refractivity contribution >= 4 is 11.6 Å². The van der Waals surface area contributed by atoms with E-state index in [1.807, 2.05) is 10.8 Å². The summed E-state index contributed by atoms with van der Waals surface area (Å²) < 4.78 is 7.01. The molecule has 1 amide bonds. The number of nitro groups is 1. The number of nitro benzene ring substituents is 1. The van der Waals surface area contributed by atoms with Crippen LogP contribution in [0.15, 0.2) is 53.6 Å². The van der Waals surface area contributed by atoms with Gasteiger partial charge >= 0.3 is 0 Å². The minimum atomic E-state index is -0.506. The number of imidazole rings is 1. The molecule has 0 saturated heterocycles. The minimum absolute atomic E-state index is 0.0794. The first-order valence-electron chi connectivity index (χ1n) is 7.59. The first-order chi connectivity index (χ1) is 12.1. The summed E-state index contributed by atoms with van der Waals surface area (Å²) >= 11 is 0. The predicted molar refractivity (Wildman–Crippen MR) is 87.8 cm³/mol. The summed E-state index contributed by atoms with van der Waals surface area (Å²) in [6.07, 6.45) is 5.98. The van der Waals surface area contributed by atoms with E-state index in [9.17, 15) is 14.9 Å². The highest BCUT2D eigenvalue weighted by molar-refractivity contribution is 5.93. The third-order valence-corrected chi connectivity index (χ3v) is 3.55. The van der Waals surface area contributed by atoms with Crippen LogP contribution < -0.4 is 5.32 Å². The number of aryl methyl sites for hydroxylation is 1. The molecule has 25 heavy (non-hydrogen) atoms. The zero-order valence-corrected chi connectivity index (χ0v) is 13.2. The summed E-state index contributed by atoms with van der Waals surface area (Å²) in [5.41, 5.74) is 0.251. The molecule has 0 aliphatic heterocycles. The Morgan fingerprint density at radius 3 is 2.96 bits per heavy atom. The minimum Gasteiger partial charge on any atom is -0.355 e. The van der Waals surface area contributed by atoms with Crippen molar-refractivity contribution in [3.63, 3.8) is 0 Å². The maximum atomic E-state index is 12.1. The molecule has 0 aliphatic rings. The smallest absolute Gasteiger partial charge is 0.280 e. The SMILES string of the molecule is O=C(NCCCn1ccnc1)c1cc(-c2ccccc2[N+](=O)[O-])on1. The average Bonchev–Trinajstić information content (AvgIpc) is 3.30. The number of carbonyl (C=O) groups is 1. The monoisotopic (exact) mass is 341 g/mol. The zero-order chi connectivity index (χ0) is 17.6. The fraction of sp³-hybridized carbons (Fsp3) is 0.188. The van der Waals surface area contributed by atoms with Crippen LogP contribution in [0.4, 0.5) is 5.69 Å². The molecule has 2 aromatic heterocycles. The van der Waals surface area contributed by atoms with E-state index in [4.69, 9.17) is 4.52 Å². The van der Waals surface area contributed by atoms with Gasteiger partial charge in [-0.2, -0.15) is 0 Å². The number of amides is 1. The van der Waals surface area contributed by atoms with Crippen LogP contribution >= 0.6 is 0 Å². The van der Waals surface area contributed by atoms with Crippen LogP contribution in [0.25, 0.3) is 11.3 Å². The molecule has 1 aromatic carbocycles. The molecule has 0 spiro atoms. The highest BCUT2D eigenvalue weighted by atomic mass is 16.6. The van der Waals surface area contributed by atoms with E-state index in [2.05, 4.69) is 15.5 Å². The molecule has 3 aromatic rings. The third-order valence-electron chi connectivity index (χ3n) is 3.55. The van der Waals surface area contributed by atoms with Gasteiger partial charge in [0.15, 0.2) is 11.5 Å². The quantitative estimate of drug-likeness (QED) is 0.400. The Hall–Kier alpha value is -3.49. The summed E-state index contributed by atoms with van der Waals surface area (Å²) in [5.74, 6) is -0.213. The number of hydrogen-bond donors (Lipinski definition) is 1. The Bertz CT molecular complexity index is 872. The Morgan fingerprint density at radius 2 is 2.20 bits per heavy atom. The Kier molecular flexibility index (Phi) is 4.84. The molecular formula is C16H15N5O4. The topological polar surface area (TPSA) is 116 Å². The molecule has 1 N–H and O–H groups in total. The highest BCUT2D eigenvalue weighted by Gasteiger charge is 2.20. The van der Waals surface area contributed by atoms with E-state index >= 15 is 0 Å². The van der Waals surface area contributed by atoms with Gasteiger partial charge in [-0.05, 0) is 12.5 Å². The van der Waals surface area contributed by atoms with E-state index < -0.39 is 4.92 Å². The van der Waals surface area contributed by atoms with E-state index in [1.54, 1.807) is 30.7 Å². The van der Waals surface area contributed by atoms with Crippen LogP contribution in [0.1, 0.15) is 16.9 Å². The van der Waals surface area contributed by atoms with E-state index in [0.717, 1.165) is 13.0 Å². The number of para-hydroxylation sites is 1. The summed E-state index contributed by atoms with van der Waals surface area (Å²) in [4.78, 5) is 26.6. The lowest BCUT2D eigenvalue weighted by Crippen LogP contribution is -2.25. The van der Waals surface area contributed by atoms with Crippen molar-refractivity contribution < 1.29 is 14.2 Å². The predicted octanol–water partition coefficient (Wildman–Crippen LogP) is 2.27. The molecule has 128 valence electrons. The molecule has 0 fully saturated rings. The summed E-state index contributed by atoms with van der Waals surface area (Å²) in [7, 11) is 0. The fourth-order valence-corrected chi connectivity index (χ4v) is 2.32. The van der Waals surface area contributed by atoms with Gasteiger partial charge in [0.05, 0.1) is 16.8 Å². The van der Waals surface area contributed by atoms with E-state index in [-0.39, 0.29) is 28.6 Å². The van der Waals surface area contributed by atoms with Crippen molar-refractivity contribution in [2.75, 3.05) is 6.54 Å². The Morgan fingerprint density at radius 1 is 1.36 bits per heavy atom. The van der Waals surface area contributed by atoms with Crippen LogP contribution in [-0.4, -0.2) is 32.1 Å². The van der Waals surface area contributed by atoms with Gasteiger partial charge in [-0.25, -0.2) is 4.98 Å². The Labute approximate surface area is 142 Å². The van der Waals surface area contributed by atoms with Gasteiger partial charge in [0.2, 0.25) is 0 Å². The molecule has 0 unspecified atom stereocenters. The van der Waals surface area contributed by atoms with Gasteiger partial charge in [-0.3, -0.25) is 14.9 Å². The van der Waals surface area contributed by atoms with E-state index in [1.165, 1.54) is 12.1 Å². The lowest BCUT2D eigenvalue weighted by atomic mass is 10.1. The third kappa shape index (κ3) is 3.89. The zero-order valence-electron chi connectivity index (χ0n) is 13.2. The van der Waals surface area contributed by atoms with Crippen molar-refractivity contribution in [1.82, 2.24) is 20.0 Å². The average molecular weight is 341 g/mol. The molecule has 0 radical (unpaired) electrons. The second-order valence-corrected chi connectivity index (χ2v) is 5.26. The number of aromatic nitrogens is 3. The standard InChI is InChI=1S/C16H15N5O4/c22-16(18-6-3-8-20-9-7-17-11-20)13-10-15(25-19-13)12-4-1-2-5-14(12)21(23)24/h1-2,4-5,7,9-11H,3,6,8H2,(H,18,22). The number of benzene rings is 1. The molecule has 2 heterocycles. The van der Waals surface area contributed by atoms with Crippen LogP contribution in [0.3, 0.4) is 0 Å². The van der Waals surface area contributed by atoms with Crippen molar-refractivity contribution in [3.05, 3.63) is 64.9 Å². The van der Waals surface area contributed by atoms with Gasteiger partial charge in [0.1, 0.15) is 0 Å². The molecule has 3 rings (SSSR count). The second-order valence-electron chi connectivity index (χ2n) is 5.26. The van der Waals surface area contributed by atoms with Crippen LogP contribution in [0, 0.1) is 10.1 Å². The number of hydrogen-bond acceptors (Lipinski definition) is 6. The summed E-state index contributed by atoms with van der Waals surface area (Å²) in [6.45, 7) is 1.20. The van der Waals surface area contributed by atoms with Gasteiger partial charge in [0.25, 0.3) is 11.6 Å². The first kappa shape index (κ1) is 16.4. The highest BCUT2D eigenvalue weighted by Crippen LogP contribution is 2.29. The maximum Gasteiger partial charge on any atom is 0.280 e. The number of carbonyl (C=O) groups excluding carboxylic acids is 1. The number of nitrogens with zero attached hydrogens (tertiary/aromatic N) is 4.